The molecule has 146 valence electrons. The molecule has 0 unspecified atom stereocenters. The number of rotatable bonds is 4. The van der Waals surface area contributed by atoms with Gasteiger partial charge in [-0.2, -0.15) is 4.52 Å². The second-order valence-corrected chi connectivity index (χ2v) is 7.87. The Morgan fingerprint density at radius 1 is 1.11 bits per heavy atom. The first-order chi connectivity index (χ1) is 13.6. The number of hydrogen-bond donors (Lipinski definition) is 0. The third kappa shape index (κ3) is 3.00. The molecular weight excluding hydrogens is 358 g/mol. The predicted molar refractivity (Wildman–Crippen MR) is 101 cm³/mol. The average molecular weight is 381 g/mol. The molecule has 0 N–H and O–H groups in total. The minimum atomic E-state index is -0.0479. The fraction of sp³-hybridized carbons (Fsp3) is 0.526. The van der Waals surface area contributed by atoms with E-state index in [1.165, 1.54) is 0 Å². The highest BCUT2D eigenvalue weighted by Crippen LogP contribution is 2.40. The number of likely N-dealkylation sites (tertiary alicyclic amines) is 1. The first kappa shape index (κ1) is 17.2. The maximum absolute atomic E-state index is 12.7. The van der Waals surface area contributed by atoms with E-state index in [4.69, 9.17) is 4.52 Å². The Morgan fingerprint density at radius 2 is 1.89 bits per heavy atom. The van der Waals surface area contributed by atoms with E-state index in [-0.39, 0.29) is 11.8 Å². The van der Waals surface area contributed by atoms with Crippen LogP contribution in [0.25, 0.3) is 5.65 Å². The molecule has 2 aliphatic rings. The molecule has 0 bridgehead atoms. The molecule has 0 spiro atoms. The quantitative estimate of drug-likeness (QED) is 0.683. The Hall–Kier alpha value is -2.97. The largest absolute Gasteiger partial charge is 0.361 e. The molecule has 9 nitrogen and oxygen atoms in total. The standard InChI is InChI=1S/C19H23N7O2/c1-24(2)17-6-5-16-20-21-18(26(16)22-17)13-7-9-25(10-8-13)19(27)14-11-15(28-23-14)12-3-4-12/h5-6,11-13H,3-4,7-10H2,1-2H3. The number of nitrogens with zero attached hydrogens (tertiary/aromatic N) is 7. The van der Waals surface area contributed by atoms with Crippen LogP contribution in [-0.4, -0.2) is 63.0 Å². The van der Waals surface area contributed by atoms with Crippen LogP contribution in [0.15, 0.2) is 22.7 Å². The van der Waals surface area contributed by atoms with Crippen LogP contribution in [0, 0.1) is 0 Å². The van der Waals surface area contributed by atoms with Gasteiger partial charge in [0.1, 0.15) is 11.6 Å². The summed E-state index contributed by atoms with van der Waals surface area (Å²) < 4.78 is 7.16. The molecule has 0 aromatic carbocycles. The number of hydrogen-bond acceptors (Lipinski definition) is 7. The van der Waals surface area contributed by atoms with E-state index in [2.05, 4.69) is 20.5 Å². The summed E-state index contributed by atoms with van der Waals surface area (Å²) in [6, 6.07) is 5.67. The molecule has 0 radical (unpaired) electrons. The third-order valence-corrected chi connectivity index (χ3v) is 5.61. The van der Waals surface area contributed by atoms with E-state index >= 15 is 0 Å². The van der Waals surface area contributed by atoms with Gasteiger partial charge in [0.25, 0.3) is 5.91 Å². The van der Waals surface area contributed by atoms with Crippen molar-refractivity contribution < 1.29 is 9.32 Å². The molecule has 3 aromatic heterocycles. The van der Waals surface area contributed by atoms with Gasteiger partial charge in [0.05, 0.1) is 0 Å². The van der Waals surface area contributed by atoms with Crippen LogP contribution in [-0.2, 0) is 0 Å². The molecular formula is C19H23N7O2. The molecule has 9 heteroatoms. The van der Waals surface area contributed by atoms with Gasteiger partial charge in [-0.1, -0.05) is 5.16 Å². The summed E-state index contributed by atoms with van der Waals surface area (Å²) >= 11 is 0. The van der Waals surface area contributed by atoms with Gasteiger partial charge in [0, 0.05) is 45.1 Å². The smallest absolute Gasteiger partial charge is 0.276 e. The van der Waals surface area contributed by atoms with Crippen LogP contribution in [0.1, 0.15) is 59.6 Å². The maximum Gasteiger partial charge on any atom is 0.276 e. The Kier molecular flexibility index (Phi) is 4.03. The highest BCUT2D eigenvalue weighted by Gasteiger charge is 2.32. The fourth-order valence-electron chi connectivity index (χ4n) is 3.74. The van der Waals surface area contributed by atoms with Crippen molar-refractivity contribution in [2.45, 2.75) is 37.5 Å². The Morgan fingerprint density at radius 3 is 2.61 bits per heavy atom. The van der Waals surface area contributed by atoms with Crippen molar-refractivity contribution in [3.63, 3.8) is 0 Å². The zero-order valence-electron chi connectivity index (χ0n) is 16.1. The van der Waals surface area contributed by atoms with Gasteiger partial charge in [-0.05, 0) is 37.8 Å². The number of aromatic nitrogens is 5. The van der Waals surface area contributed by atoms with Crippen LogP contribution in [0.4, 0.5) is 5.82 Å². The van der Waals surface area contributed by atoms with Gasteiger partial charge < -0.3 is 14.3 Å². The van der Waals surface area contributed by atoms with Gasteiger partial charge in [-0.3, -0.25) is 4.79 Å². The van der Waals surface area contributed by atoms with E-state index in [1.54, 1.807) is 0 Å². The van der Waals surface area contributed by atoms with Crippen molar-refractivity contribution in [1.82, 2.24) is 29.9 Å². The van der Waals surface area contributed by atoms with E-state index in [0.717, 1.165) is 48.7 Å². The summed E-state index contributed by atoms with van der Waals surface area (Å²) in [5.74, 6) is 3.20. The fourth-order valence-corrected chi connectivity index (χ4v) is 3.74. The molecule has 1 saturated carbocycles. The molecule has 3 aromatic rings. The summed E-state index contributed by atoms with van der Waals surface area (Å²) in [4.78, 5) is 16.5. The number of carbonyl (C=O) groups excluding carboxylic acids is 1. The first-order valence-electron chi connectivity index (χ1n) is 9.75. The lowest BCUT2D eigenvalue weighted by atomic mass is 9.96. The van der Waals surface area contributed by atoms with Crippen LogP contribution < -0.4 is 4.90 Å². The lowest BCUT2D eigenvalue weighted by Crippen LogP contribution is -2.38. The first-order valence-corrected chi connectivity index (χ1v) is 9.75. The van der Waals surface area contributed by atoms with E-state index in [1.807, 2.05) is 46.6 Å². The highest BCUT2D eigenvalue weighted by atomic mass is 16.5. The van der Waals surface area contributed by atoms with Crippen molar-refractivity contribution in [2.24, 2.45) is 0 Å². The zero-order valence-corrected chi connectivity index (χ0v) is 16.1. The minimum absolute atomic E-state index is 0.0479. The monoisotopic (exact) mass is 381 g/mol. The molecule has 0 atom stereocenters. The van der Waals surface area contributed by atoms with Crippen LogP contribution in [0.5, 0.6) is 0 Å². The molecule has 1 saturated heterocycles. The number of amides is 1. The van der Waals surface area contributed by atoms with Crippen molar-refractivity contribution in [3.8, 4) is 0 Å². The molecule has 28 heavy (non-hydrogen) atoms. The molecule has 2 fully saturated rings. The normalized spacial score (nSPS) is 18.0. The Labute approximate surface area is 162 Å². The molecule has 1 aliphatic heterocycles. The van der Waals surface area contributed by atoms with Crippen molar-refractivity contribution in [2.75, 3.05) is 32.1 Å². The number of piperidine rings is 1. The highest BCUT2D eigenvalue weighted by molar-refractivity contribution is 5.92. The second-order valence-electron chi connectivity index (χ2n) is 7.87. The van der Waals surface area contributed by atoms with Crippen molar-refractivity contribution in [3.05, 3.63) is 35.5 Å². The van der Waals surface area contributed by atoms with Gasteiger partial charge in [0.15, 0.2) is 17.2 Å². The SMILES string of the molecule is CN(C)c1ccc2nnc(C3CCN(C(=O)c4cc(C5CC5)on4)CC3)n2n1. The van der Waals surface area contributed by atoms with Crippen LogP contribution in [0.2, 0.25) is 0 Å². The Balaban J connectivity index is 1.29. The lowest BCUT2D eigenvalue weighted by Gasteiger charge is -2.30. The maximum atomic E-state index is 12.7. The zero-order chi connectivity index (χ0) is 19.3. The van der Waals surface area contributed by atoms with Crippen LogP contribution in [0.3, 0.4) is 0 Å². The van der Waals surface area contributed by atoms with Gasteiger partial charge in [0.2, 0.25) is 0 Å². The van der Waals surface area contributed by atoms with E-state index in [9.17, 15) is 4.79 Å². The van der Waals surface area contributed by atoms with E-state index in [0.29, 0.717) is 24.7 Å². The summed E-state index contributed by atoms with van der Waals surface area (Å²) in [6.45, 7) is 1.33. The second kappa shape index (κ2) is 6.57. The summed E-state index contributed by atoms with van der Waals surface area (Å²) in [5, 5.41) is 17.3. The molecule has 5 rings (SSSR count). The van der Waals surface area contributed by atoms with Crippen molar-refractivity contribution >= 4 is 17.4 Å². The third-order valence-electron chi connectivity index (χ3n) is 5.61. The van der Waals surface area contributed by atoms with Crippen LogP contribution >= 0.6 is 0 Å². The summed E-state index contributed by atoms with van der Waals surface area (Å²) in [6.07, 6.45) is 3.91. The Bertz CT molecular complexity index is 1010. The molecule has 1 aliphatic carbocycles. The van der Waals surface area contributed by atoms with Gasteiger partial charge in [-0.25, -0.2) is 0 Å². The van der Waals surface area contributed by atoms with E-state index < -0.39 is 0 Å². The van der Waals surface area contributed by atoms with Crippen molar-refractivity contribution in [1.29, 1.82) is 0 Å². The number of carbonyl (C=O) groups is 1. The average Bonchev–Trinajstić information content (AvgIpc) is 3.29. The topological polar surface area (TPSA) is 92.7 Å². The number of anilines is 1. The summed E-state index contributed by atoms with van der Waals surface area (Å²) in [7, 11) is 3.92. The number of fused-ring (bicyclic) bond motifs is 1. The molecule has 1 amide bonds. The van der Waals surface area contributed by atoms with Gasteiger partial charge >= 0.3 is 0 Å². The predicted octanol–water partition coefficient (Wildman–Crippen LogP) is 2.08. The summed E-state index contributed by atoms with van der Waals surface area (Å²) in [5.41, 5.74) is 1.17. The van der Waals surface area contributed by atoms with Gasteiger partial charge in [-0.15, -0.1) is 15.3 Å². The molecule has 4 heterocycles. The minimum Gasteiger partial charge on any atom is -0.361 e. The lowest BCUT2D eigenvalue weighted by molar-refractivity contribution is 0.0700.